The van der Waals surface area contributed by atoms with Crippen LogP contribution >= 0.6 is 27.7 Å². The van der Waals surface area contributed by atoms with Crippen LogP contribution in [-0.2, 0) is 0 Å². The van der Waals surface area contributed by atoms with E-state index in [1.807, 2.05) is 55.5 Å². The molecular formula is C20H19BrN4OS. The number of nitrogens with zero attached hydrogens (tertiary/aromatic N) is 4. The van der Waals surface area contributed by atoms with Crippen LogP contribution in [0.2, 0.25) is 0 Å². The Morgan fingerprint density at radius 3 is 2.52 bits per heavy atom. The van der Waals surface area contributed by atoms with Crippen LogP contribution in [0.25, 0.3) is 17.1 Å². The Bertz CT molecular complexity index is 917. The number of ether oxygens (including phenoxy) is 1. The van der Waals surface area contributed by atoms with E-state index in [0.717, 1.165) is 44.6 Å². The Morgan fingerprint density at radius 2 is 1.85 bits per heavy atom. The molecule has 5 nitrogen and oxygen atoms in total. The van der Waals surface area contributed by atoms with E-state index in [1.165, 1.54) is 0 Å². The van der Waals surface area contributed by atoms with Gasteiger partial charge < -0.3 is 4.74 Å². The van der Waals surface area contributed by atoms with Crippen LogP contribution in [0.4, 0.5) is 0 Å². The molecule has 3 rings (SSSR count). The van der Waals surface area contributed by atoms with Gasteiger partial charge in [0.15, 0.2) is 11.0 Å². The van der Waals surface area contributed by atoms with Crippen LogP contribution in [0.3, 0.4) is 0 Å². The number of hydrogen-bond donors (Lipinski definition) is 0. The SMILES string of the molecule is CCOc1ccc(-n2c(SCCCC#N)nnc2-c2ccc(Br)cc2)cc1. The standard InChI is InChI=1S/C20H19BrN4OS/c1-2-26-18-11-9-17(10-12-18)25-19(15-5-7-16(21)8-6-15)23-24-20(25)27-14-4-3-13-22/h5-12H,2-4,14H2,1H3. The Kier molecular flexibility index (Phi) is 6.91. The predicted octanol–water partition coefficient (Wildman–Crippen LogP) is 5.49. The summed E-state index contributed by atoms with van der Waals surface area (Å²) in [6.07, 6.45) is 1.37. The Balaban J connectivity index is 1.97. The van der Waals surface area contributed by atoms with Gasteiger partial charge in [0.25, 0.3) is 0 Å². The normalized spacial score (nSPS) is 10.6. The lowest BCUT2D eigenvalue weighted by molar-refractivity contribution is 0.340. The van der Waals surface area contributed by atoms with Crippen LogP contribution in [0.15, 0.2) is 58.2 Å². The highest BCUT2D eigenvalue weighted by Crippen LogP contribution is 2.30. The van der Waals surface area contributed by atoms with Gasteiger partial charge in [0.2, 0.25) is 0 Å². The van der Waals surface area contributed by atoms with Gasteiger partial charge in [0.05, 0.1) is 12.7 Å². The van der Waals surface area contributed by atoms with Gasteiger partial charge in [-0.1, -0.05) is 39.8 Å². The number of thioether (sulfide) groups is 1. The first-order valence-corrected chi connectivity index (χ1v) is 10.4. The molecule has 1 aromatic heterocycles. The second-order valence-corrected chi connectivity index (χ2v) is 7.66. The molecule has 27 heavy (non-hydrogen) atoms. The maximum Gasteiger partial charge on any atom is 0.196 e. The molecule has 0 aliphatic rings. The molecule has 0 aliphatic carbocycles. The minimum atomic E-state index is 0.545. The van der Waals surface area contributed by atoms with Crippen molar-refractivity contribution in [3.05, 3.63) is 53.0 Å². The van der Waals surface area contributed by atoms with Crippen LogP contribution in [0, 0.1) is 11.3 Å². The predicted molar refractivity (Wildman–Crippen MR) is 111 cm³/mol. The smallest absolute Gasteiger partial charge is 0.196 e. The number of halogens is 1. The van der Waals surface area contributed by atoms with Crippen molar-refractivity contribution in [2.24, 2.45) is 0 Å². The van der Waals surface area contributed by atoms with Crippen molar-refractivity contribution < 1.29 is 4.74 Å². The topological polar surface area (TPSA) is 63.7 Å². The third-order valence-corrected chi connectivity index (χ3v) is 5.35. The van der Waals surface area contributed by atoms with Gasteiger partial charge in [-0.15, -0.1) is 10.2 Å². The minimum absolute atomic E-state index is 0.545. The molecule has 0 radical (unpaired) electrons. The first-order chi connectivity index (χ1) is 13.2. The lowest BCUT2D eigenvalue weighted by Gasteiger charge is -2.11. The molecule has 0 aliphatic heterocycles. The van der Waals surface area contributed by atoms with Gasteiger partial charge in [-0.05, 0) is 49.7 Å². The summed E-state index contributed by atoms with van der Waals surface area (Å²) in [5, 5.41) is 18.4. The lowest BCUT2D eigenvalue weighted by atomic mass is 10.2. The fourth-order valence-electron chi connectivity index (χ4n) is 2.55. The Labute approximate surface area is 171 Å². The van der Waals surface area contributed by atoms with E-state index in [2.05, 4.69) is 36.8 Å². The number of aromatic nitrogens is 3. The number of benzene rings is 2. The minimum Gasteiger partial charge on any atom is -0.494 e. The first-order valence-electron chi connectivity index (χ1n) is 8.67. The Morgan fingerprint density at radius 1 is 1.11 bits per heavy atom. The number of unbranched alkanes of at least 4 members (excludes halogenated alkanes) is 1. The monoisotopic (exact) mass is 442 g/mol. The molecule has 0 bridgehead atoms. The van der Waals surface area contributed by atoms with Crippen molar-refractivity contribution in [2.75, 3.05) is 12.4 Å². The maximum atomic E-state index is 8.73. The highest BCUT2D eigenvalue weighted by atomic mass is 79.9. The number of nitriles is 1. The van der Waals surface area contributed by atoms with Crippen molar-refractivity contribution in [1.82, 2.24) is 14.8 Å². The molecule has 0 spiro atoms. The summed E-state index contributed by atoms with van der Waals surface area (Å²) in [7, 11) is 0. The van der Waals surface area contributed by atoms with Gasteiger partial charge in [0.1, 0.15) is 5.75 Å². The van der Waals surface area contributed by atoms with Crippen LogP contribution in [0.1, 0.15) is 19.8 Å². The van der Waals surface area contributed by atoms with Crippen LogP contribution in [-0.4, -0.2) is 27.1 Å². The molecule has 138 valence electrons. The zero-order valence-corrected chi connectivity index (χ0v) is 17.3. The first kappa shape index (κ1) is 19.5. The van der Waals surface area contributed by atoms with Crippen LogP contribution in [0.5, 0.6) is 5.75 Å². The maximum absolute atomic E-state index is 8.73. The van der Waals surface area contributed by atoms with Crippen molar-refractivity contribution in [3.63, 3.8) is 0 Å². The summed E-state index contributed by atoms with van der Waals surface area (Å²) in [4.78, 5) is 0. The summed E-state index contributed by atoms with van der Waals surface area (Å²) in [6, 6.07) is 18.1. The molecule has 2 aromatic carbocycles. The zero-order chi connectivity index (χ0) is 19.1. The van der Waals surface area contributed by atoms with E-state index in [9.17, 15) is 0 Å². The van der Waals surface area contributed by atoms with E-state index < -0.39 is 0 Å². The molecule has 0 N–H and O–H groups in total. The zero-order valence-electron chi connectivity index (χ0n) is 14.9. The van der Waals surface area contributed by atoms with Gasteiger partial charge in [-0.25, -0.2) is 0 Å². The van der Waals surface area contributed by atoms with Crippen molar-refractivity contribution in [1.29, 1.82) is 5.26 Å². The molecule has 0 fully saturated rings. The summed E-state index contributed by atoms with van der Waals surface area (Å²) in [5.41, 5.74) is 1.97. The molecule has 0 saturated carbocycles. The van der Waals surface area contributed by atoms with Crippen molar-refractivity contribution in [2.45, 2.75) is 24.9 Å². The molecular weight excluding hydrogens is 424 g/mol. The van der Waals surface area contributed by atoms with Gasteiger partial charge in [-0.3, -0.25) is 4.57 Å². The second-order valence-electron chi connectivity index (χ2n) is 5.69. The van der Waals surface area contributed by atoms with E-state index in [4.69, 9.17) is 10.00 Å². The fraction of sp³-hybridized carbons (Fsp3) is 0.250. The van der Waals surface area contributed by atoms with Gasteiger partial charge in [-0.2, -0.15) is 5.26 Å². The lowest BCUT2D eigenvalue weighted by Crippen LogP contribution is -2.00. The molecule has 0 atom stereocenters. The molecule has 0 amide bonds. The molecule has 0 saturated heterocycles. The third kappa shape index (κ3) is 4.90. The fourth-order valence-corrected chi connectivity index (χ4v) is 3.71. The van der Waals surface area contributed by atoms with E-state index in [0.29, 0.717) is 13.0 Å². The van der Waals surface area contributed by atoms with E-state index in [-0.39, 0.29) is 0 Å². The summed E-state index contributed by atoms with van der Waals surface area (Å²) >= 11 is 5.08. The Hall–Kier alpha value is -2.30. The van der Waals surface area contributed by atoms with Crippen LogP contribution < -0.4 is 4.74 Å². The second kappa shape index (κ2) is 9.58. The summed E-state index contributed by atoms with van der Waals surface area (Å²) in [5.74, 6) is 2.44. The third-order valence-electron chi connectivity index (χ3n) is 3.81. The molecule has 0 unspecified atom stereocenters. The average molecular weight is 443 g/mol. The highest BCUT2D eigenvalue weighted by molar-refractivity contribution is 9.10. The number of hydrogen-bond acceptors (Lipinski definition) is 5. The van der Waals surface area contributed by atoms with E-state index >= 15 is 0 Å². The van der Waals surface area contributed by atoms with Crippen molar-refractivity contribution in [3.8, 4) is 28.9 Å². The summed E-state index contributed by atoms with van der Waals surface area (Å²) in [6.45, 7) is 2.60. The molecule has 7 heteroatoms. The van der Waals surface area contributed by atoms with Gasteiger partial charge >= 0.3 is 0 Å². The van der Waals surface area contributed by atoms with Gasteiger partial charge in [0, 0.05) is 27.9 Å². The van der Waals surface area contributed by atoms with E-state index in [1.54, 1.807) is 11.8 Å². The highest BCUT2D eigenvalue weighted by Gasteiger charge is 2.16. The number of rotatable bonds is 8. The quantitative estimate of drug-likeness (QED) is 0.340. The average Bonchev–Trinajstić information content (AvgIpc) is 3.10. The molecule has 3 aromatic rings. The summed E-state index contributed by atoms with van der Waals surface area (Å²) < 4.78 is 8.62. The molecule has 1 heterocycles. The van der Waals surface area contributed by atoms with Crippen molar-refractivity contribution >= 4 is 27.7 Å². The largest absolute Gasteiger partial charge is 0.494 e.